The topological polar surface area (TPSA) is 41.5 Å². The number of hydrogen-bond acceptors (Lipinski definition) is 2. The molecule has 0 saturated heterocycles. The third kappa shape index (κ3) is 5.89. The Morgan fingerprint density at radius 1 is 1.42 bits per heavy atom. The second kappa shape index (κ2) is 5.75. The molecule has 0 bridgehead atoms. The van der Waals surface area contributed by atoms with Crippen molar-refractivity contribution in [2.75, 3.05) is 0 Å². The molecule has 1 amide bonds. The Kier molecular flexibility index (Phi) is 5.34. The van der Waals surface area contributed by atoms with Crippen molar-refractivity contribution in [2.24, 2.45) is 16.9 Å². The first-order valence-electron chi connectivity index (χ1n) is 4.35. The molecule has 12 heavy (non-hydrogen) atoms. The molecule has 0 aliphatic rings. The predicted octanol–water partition coefficient (Wildman–Crippen LogP) is 1.79. The summed E-state index contributed by atoms with van der Waals surface area (Å²) in [7, 11) is 0. The summed E-state index contributed by atoms with van der Waals surface area (Å²) in [5.41, 5.74) is 2.47. The summed E-state index contributed by atoms with van der Waals surface area (Å²) < 4.78 is 0. The number of nitrogens with one attached hydrogen (secondary N) is 1. The zero-order valence-electron chi connectivity index (χ0n) is 8.29. The van der Waals surface area contributed by atoms with E-state index in [4.69, 9.17) is 0 Å². The molecule has 70 valence electrons. The molecule has 0 unspecified atom stereocenters. The second-order valence-electron chi connectivity index (χ2n) is 3.57. The van der Waals surface area contributed by atoms with Crippen LogP contribution in [-0.2, 0) is 4.79 Å². The fraction of sp³-hybridized carbons (Fsp3) is 0.778. The van der Waals surface area contributed by atoms with Crippen LogP contribution in [0.25, 0.3) is 0 Å². The summed E-state index contributed by atoms with van der Waals surface area (Å²) in [6, 6.07) is 0. The highest BCUT2D eigenvalue weighted by Gasteiger charge is 2.03. The van der Waals surface area contributed by atoms with Crippen LogP contribution in [0.3, 0.4) is 0 Å². The molecular weight excluding hydrogens is 152 g/mol. The van der Waals surface area contributed by atoms with Crippen molar-refractivity contribution in [1.82, 2.24) is 5.43 Å². The highest BCUT2D eigenvalue weighted by Crippen LogP contribution is 1.94. The van der Waals surface area contributed by atoms with Crippen LogP contribution in [0.15, 0.2) is 5.10 Å². The van der Waals surface area contributed by atoms with Crippen LogP contribution in [0, 0.1) is 11.8 Å². The van der Waals surface area contributed by atoms with E-state index in [1.807, 2.05) is 13.8 Å². The molecule has 0 fully saturated rings. The van der Waals surface area contributed by atoms with Gasteiger partial charge in [0, 0.05) is 12.1 Å². The summed E-state index contributed by atoms with van der Waals surface area (Å²) in [5.74, 6) is 0.556. The number of amides is 1. The number of rotatable bonds is 4. The molecular formula is C9H18N2O. The molecule has 3 heteroatoms. The number of hydrazone groups is 1. The maximum Gasteiger partial charge on any atom is 0.242 e. The van der Waals surface area contributed by atoms with E-state index in [2.05, 4.69) is 24.4 Å². The van der Waals surface area contributed by atoms with Gasteiger partial charge in [0.15, 0.2) is 0 Å². The van der Waals surface area contributed by atoms with Crippen molar-refractivity contribution in [1.29, 1.82) is 0 Å². The Labute approximate surface area is 74.2 Å². The second-order valence-corrected chi connectivity index (χ2v) is 3.57. The third-order valence-corrected chi connectivity index (χ3v) is 1.37. The Hall–Kier alpha value is -0.860. The molecule has 0 radical (unpaired) electrons. The first-order chi connectivity index (χ1) is 5.54. The summed E-state index contributed by atoms with van der Waals surface area (Å²) in [6.07, 6.45) is 2.64. The van der Waals surface area contributed by atoms with E-state index in [0.717, 1.165) is 6.42 Å². The van der Waals surface area contributed by atoms with E-state index in [-0.39, 0.29) is 11.8 Å². The van der Waals surface area contributed by atoms with Crippen molar-refractivity contribution in [2.45, 2.75) is 34.1 Å². The van der Waals surface area contributed by atoms with Gasteiger partial charge in [-0.25, -0.2) is 5.43 Å². The molecule has 0 aliphatic carbocycles. The van der Waals surface area contributed by atoms with Gasteiger partial charge in [0.25, 0.3) is 0 Å². The van der Waals surface area contributed by atoms with E-state index in [1.54, 1.807) is 6.21 Å². The van der Waals surface area contributed by atoms with Crippen molar-refractivity contribution >= 4 is 12.1 Å². The lowest BCUT2D eigenvalue weighted by atomic mass is 10.2. The molecule has 0 heterocycles. The number of carbonyl (C=O) groups is 1. The smallest absolute Gasteiger partial charge is 0.242 e. The lowest BCUT2D eigenvalue weighted by molar-refractivity contribution is -0.123. The van der Waals surface area contributed by atoms with Gasteiger partial charge in [-0.1, -0.05) is 27.7 Å². The van der Waals surface area contributed by atoms with E-state index >= 15 is 0 Å². The van der Waals surface area contributed by atoms with Crippen LogP contribution in [0.5, 0.6) is 0 Å². The van der Waals surface area contributed by atoms with Crippen LogP contribution < -0.4 is 5.43 Å². The zero-order valence-corrected chi connectivity index (χ0v) is 8.29. The van der Waals surface area contributed by atoms with Gasteiger partial charge in [-0.2, -0.15) is 5.10 Å². The lowest BCUT2D eigenvalue weighted by Gasteiger charge is -2.01. The van der Waals surface area contributed by atoms with Crippen LogP contribution >= 0.6 is 0 Å². The fourth-order valence-electron chi connectivity index (χ4n) is 0.502. The Morgan fingerprint density at radius 3 is 2.42 bits per heavy atom. The largest absolute Gasteiger partial charge is 0.273 e. The van der Waals surface area contributed by atoms with Crippen LogP contribution in [0.1, 0.15) is 34.1 Å². The maximum atomic E-state index is 11.0. The highest BCUT2D eigenvalue weighted by atomic mass is 16.2. The summed E-state index contributed by atoms with van der Waals surface area (Å²) >= 11 is 0. The van der Waals surface area contributed by atoms with Crippen LogP contribution in [0.4, 0.5) is 0 Å². The average Bonchev–Trinajstić information content (AvgIpc) is 1.97. The molecule has 1 N–H and O–H groups in total. The highest BCUT2D eigenvalue weighted by molar-refractivity contribution is 5.78. The Bertz CT molecular complexity index is 162. The van der Waals surface area contributed by atoms with Crippen molar-refractivity contribution in [3.8, 4) is 0 Å². The minimum Gasteiger partial charge on any atom is -0.273 e. The lowest BCUT2D eigenvalue weighted by Crippen LogP contribution is -2.22. The molecule has 0 aliphatic heterocycles. The monoisotopic (exact) mass is 170 g/mol. The van der Waals surface area contributed by atoms with E-state index < -0.39 is 0 Å². The van der Waals surface area contributed by atoms with Crippen molar-refractivity contribution in [3.63, 3.8) is 0 Å². The number of carbonyl (C=O) groups excluding carboxylic acids is 1. The normalized spacial score (nSPS) is 11.5. The number of hydrogen-bond donors (Lipinski definition) is 1. The Balaban J connectivity index is 3.54. The van der Waals surface area contributed by atoms with Crippen LogP contribution in [-0.4, -0.2) is 12.1 Å². The van der Waals surface area contributed by atoms with Gasteiger partial charge in [0.2, 0.25) is 5.91 Å². The molecule has 0 atom stereocenters. The quantitative estimate of drug-likeness (QED) is 0.507. The van der Waals surface area contributed by atoms with Gasteiger partial charge in [-0.15, -0.1) is 0 Å². The molecule has 0 aromatic heterocycles. The van der Waals surface area contributed by atoms with Crippen LogP contribution in [0.2, 0.25) is 0 Å². The summed E-state index contributed by atoms with van der Waals surface area (Å²) in [5, 5.41) is 3.81. The predicted molar refractivity (Wildman–Crippen MR) is 50.9 cm³/mol. The van der Waals surface area contributed by atoms with E-state index in [0.29, 0.717) is 5.92 Å². The van der Waals surface area contributed by atoms with Gasteiger partial charge < -0.3 is 0 Å². The van der Waals surface area contributed by atoms with E-state index in [1.165, 1.54) is 0 Å². The van der Waals surface area contributed by atoms with E-state index in [9.17, 15) is 4.79 Å². The maximum absolute atomic E-state index is 11.0. The SMILES string of the molecule is CC(C)C/C=N\NC(=O)C(C)C. The molecule has 0 spiro atoms. The average molecular weight is 170 g/mol. The van der Waals surface area contributed by atoms with Gasteiger partial charge in [-0.3, -0.25) is 4.79 Å². The summed E-state index contributed by atoms with van der Waals surface area (Å²) in [6.45, 7) is 7.90. The Morgan fingerprint density at radius 2 is 2.00 bits per heavy atom. The minimum absolute atomic E-state index is 0.00111. The van der Waals surface area contributed by atoms with Crippen molar-refractivity contribution < 1.29 is 4.79 Å². The van der Waals surface area contributed by atoms with Gasteiger partial charge in [-0.05, 0) is 12.3 Å². The minimum atomic E-state index is -0.0324. The van der Waals surface area contributed by atoms with Gasteiger partial charge in [0.05, 0.1) is 0 Å². The molecule has 0 rings (SSSR count). The molecule has 0 aromatic rings. The van der Waals surface area contributed by atoms with Gasteiger partial charge in [0.1, 0.15) is 0 Å². The first-order valence-corrected chi connectivity index (χ1v) is 4.35. The molecule has 0 aromatic carbocycles. The number of nitrogens with zero attached hydrogens (tertiary/aromatic N) is 1. The van der Waals surface area contributed by atoms with Crippen molar-refractivity contribution in [3.05, 3.63) is 0 Å². The first kappa shape index (κ1) is 11.1. The fourth-order valence-corrected chi connectivity index (χ4v) is 0.502. The standard InChI is InChI=1S/C9H18N2O/c1-7(2)5-6-10-11-9(12)8(3)4/h6-8H,5H2,1-4H3,(H,11,12)/b10-6-. The zero-order chi connectivity index (χ0) is 9.56. The third-order valence-electron chi connectivity index (χ3n) is 1.37. The molecule has 3 nitrogen and oxygen atoms in total. The summed E-state index contributed by atoms with van der Waals surface area (Å²) in [4.78, 5) is 11.0. The molecule has 0 saturated carbocycles. The van der Waals surface area contributed by atoms with Gasteiger partial charge >= 0.3 is 0 Å².